The third-order valence-corrected chi connectivity index (χ3v) is 5.51. The molecule has 2 amide bonds. The van der Waals surface area contributed by atoms with Crippen molar-refractivity contribution in [2.24, 2.45) is 0 Å². The Balaban J connectivity index is 1.63. The second-order valence-corrected chi connectivity index (χ2v) is 7.85. The van der Waals surface area contributed by atoms with E-state index in [4.69, 9.17) is 4.74 Å². The molecular formula is C20H30N2O3. The third-order valence-electron chi connectivity index (χ3n) is 5.51. The first-order chi connectivity index (χ1) is 11.9. The van der Waals surface area contributed by atoms with Crippen LogP contribution in [-0.4, -0.2) is 48.4 Å². The Kier molecular flexibility index (Phi) is 5.35. The summed E-state index contributed by atoms with van der Waals surface area (Å²) in [6, 6.07) is 6.58. The van der Waals surface area contributed by atoms with E-state index in [0.29, 0.717) is 38.5 Å². The standard InChI is InChI=1S/C20H30N2O3/c1-14(2)16-5-4-15-6-7-18(17(15)12-16)21-19(23)22(3)13-20(24)8-10-25-11-9-20/h4-5,12,14,18,24H,6-11,13H2,1-3H3,(H,21,23)/t18-/m1/s1. The quantitative estimate of drug-likeness (QED) is 0.881. The summed E-state index contributed by atoms with van der Waals surface area (Å²) in [5, 5.41) is 13.8. The second kappa shape index (κ2) is 7.34. The molecule has 1 aliphatic heterocycles. The fraction of sp³-hybridized carbons (Fsp3) is 0.650. The molecule has 138 valence electrons. The molecule has 1 atom stereocenters. The van der Waals surface area contributed by atoms with Gasteiger partial charge in [0.25, 0.3) is 0 Å². The molecule has 2 N–H and O–H groups in total. The van der Waals surface area contributed by atoms with Gasteiger partial charge in [0.15, 0.2) is 0 Å². The maximum atomic E-state index is 12.6. The molecule has 0 saturated carbocycles. The van der Waals surface area contributed by atoms with E-state index < -0.39 is 5.60 Å². The first-order valence-corrected chi connectivity index (χ1v) is 9.32. The van der Waals surface area contributed by atoms with E-state index in [-0.39, 0.29) is 12.1 Å². The SMILES string of the molecule is CC(C)c1ccc2c(c1)[C@H](NC(=O)N(C)CC1(O)CCOCC1)CC2. The number of fused-ring (bicyclic) bond motifs is 1. The highest BCUT2D eigenvalue weighted by atomic mass is 16.5. The molecule has 1 aromatic carbocycles. The molecule has 3 rings (SSSR count). The van der Waals surface area contributed by atoms with Gasteiger partial charge in [-0.15, -0.1) is 0 Å². The van der Waals surface area contributed by atoms with Gasteiger partial charge in [0, 0.05) is 33.1 Å². The summed E-state index contributed by atoms with van der Waals surface area (Å²) in [4.78, 5) is 14.2. The monoisotopic (exact) mass is 346 g/mol. The number of nitrogens with zero attached hydrogens (tertiary/aromatic N) is 1. The van der Waals surface area contributed by atoms with Crippen LogP contribution in [0.15, 0.2) is 18.2 Å². The first kappa shape index (κ1) is 18.2. The van der Waals surface area contributed by atoms with Crippen LogP contribution in [0, 0.1) is 0 Å². The number of rotatable bonds is 4. The number of hydrogen-bond acceptors (Lipinski definition) is 3. The summed E-state index contributed by atoms with van der Waals surface area (Å²) in [5.41, 5.74) is 3.06. The summed E-state index contributed by atoms with van der Waals surface area (Å²) in [5.74, 6) is 0.479. The Morgan fingerprint density at radius 2 is 2.12 bits per heavy atom. The van der Waals surface area contributed by atoms with E-state index in [1.54, 1.807) is 11.9 Å². The van der Waals surface area contributed by atoms with Crippen LogP contribution in [0.4, 0.5) is 4.79 Å². The van der Waals surface area contributed by atoms with Gasteiger partial charge in [0.1, 0.15) is 0 Å². The number of nitrogens with one attached hydrogen (secondary N) is 1. The molecular weight excluding hydrogens is 316 g/mol. The molecule has 5 heteroatoms. The van der Waals surface area contributed by atoms with Crippen molar-refractivity contribution < 1.29 is 14.6 Å². The first-order valence-electron chi connectivity index (χ1n) is 9.32. The second-order valence-electron chi connectivity index (χ2n) is 7.85. The van der Waals surface area contributed by atoms with Gasteiger partial charge in [0.2, 0.25) is 0 Å². The molecule has 1 aromatic rings. The third kappa shape index (κ3) is 4.15. The van der Waals surface area contributed by atoms with Crippen LogP contribution < -0.4 is 5.32 Å². The lowest BCUT2D eigenvalue weighted by atomic mass is 9.94. The maximum Gasteiger partial charge on any atom is 0.317 e. The highest BCUT2D eigenvalue weighted by Crippen LogP contribution is 2.33. The van der Waals surface area contributed by atoms with Crippen molar-refractivity contribution in [3.8, 4) is 0 Å². The zero-order valence-electron chi connectivity index (χ0n) is 15.5. The molecule has 25 heavy (non-hydrogen) atoms. The van der Waals surface area contributed by atoms with E-state index in [1.807, 2.05) is 0 Å². The van der Waals surface area contributed by atoms with Gasteiger partial charge in [-0.1, -0.05) is 32.0 Å². The van der Waals surface area contributed by atoms with Gasteiger partial charge in [-0.05, 0) is 35.4 Å². The number of hydrogen-bond donors (Lipinski definition) is 2. The van der Waals surface area contributed by atoms with E-state index in [0.717, 1.165) is 12.8 Å². The van der Waals surface area contributed by atoms with Crippen molar-refractivity contribution in [3.63, 3.8) is 0 Å². The van der Waals surface area contributed by atoms with Gasteiger partial charge in [0.05, 0.1) is 18.2 Å². The normalized spacial score (nSPS) is 21.9. The Morgan fingerprint density at radius 1 is 1.40 bits per heavy atom. The summed E-state index contributed by atoms with van der Waals surface area (Å²) in [6.45, 7) is 5.83. The van der Waals surface area contributed by atoms with Crippen molar-refractivity contribution in [1.29, 1.82) is 0 Å². The predicted molar refractivity (Wildman–Crippen MR) is 97.8 cm³/mol. The predicted octanol–water partition coefficient (Wildman–Crippen LogP) is 2.98. The van der Waals surface area contributed by atoms with Gasteiger partial charge < -0.3 is 20.1 Å². The molecule has 1 saturated heterocycles. The Hall–Kier alpha value is -1.59. The summed E-state index contributed by atoms with van der Waals surface area (Å²) in [6.07, 6.45) is 3.10. The molecule has 1 fully saturated rings. The van der Waals surface area contributed by atoms with E-state index >= 15 is 0 Å². The lowest BCUT2D eigenvalue weighted by molar-refractivity contribution is -0.0723. The molecule has 5 nitrogen and oxygen atoms in total. The topological polar surface area (TPSA) is 61.8 Å². The number of urea groups is 1. The number of ether oxygens (including phenoxy) is 1. The van der Waals surface area contributed by atoms with E-state index in [2.05, 4.69) is 37.4 Å². The van der Waals surface area contributed by atoms with Gasteiger partial charge in [-0.3, -0.25) is 0 Å². The van der Waals surface area contributed by atoms with Crippen molar-refractivity contribution in [3.05, 3.63) is 34.9 Å². The highest BCUT2D eigenvalue weighted by Gasteiger charge is 2.33. The van der Waals surface area contributed by atoms with Crippen LogP contribution in [0.5, 0.6) is 0 Å². The minimum atomic E-state index is -0.831. The number of carbonyl (C=O) groups is 1. The number of carbonyl (C=O) groups excluding carboxylic acids is 1. The zero-order chi connectivity index (χ0) is 18.0. The fourth-order valence-electron chi connectivity index (χ4n) is 3.81. The highest BCUT2D eigenvalue weighted by molar-refractivity contribution is 5.74. The Labute approximate surface area is 150 Å². The number of benzene rings is 1. The lowest BCUT2D eigenvalue weighted by Gasteiger charge is -2.35. The number of likely N-dealkylation sites (N-methyl/N-ethyl adjacent to an activating group) is 1. The van der Waals surface area contributed by atoms with Crippen LogP contribution in [-0.2, 0) is 11.2 Å². The largest absolute Gasteiger partial charge is 0.388 e. The minimum absolute atomic E-state index is 0.0629. The van der Waals surface area contributed by atoms with Crippen molar-refractivity contribution in [2.45, 2.75) is 57.1 Å². The molecule has 1 aliphatic carbocycles. The van der Waals surface area contributed by atoms with Gasteiger partial charge in [-0.2, -0.15) is 0 Å². The average Bonchev–Trinajstić information content (AvgIpc) is 2.97. The minimum Gasteiger partial charge on any atom is -0.388 e. The van der Waals surface area contributed by atoms with E-state index in [9.17, 15) is 9.90 Å². The van der Waals surface area contributed by atoms with Crippen molar-refractivity contribution in [1.82, 2.24) is 10.2 Å². The van der Waals surface area contributed by atoms with Gasteiger partial charge in [-0.25, -0.2) is 4.79 Å². The van der Waals surface area contributed by atoms with Crippen LogP contribution in [0.25, 0.3) is 0 Å². The molecule has 0 radical (unpaired) electrons. The van der Waals surface area contributed by atoms with Crippen molar-refractivity contribution >= 4 is 6.03 Å². The molecule has 2 aliphatic rings. The zero-order valence-corrected chi connectivity index (χ0v) is 15.5. The summed E-state index contributed by atoms with van der Waals surface area (Å²) >= 11 is 0. The summed E-state index contributed by atoms with van der Waals surface area (Å²) in [7, 11) is 1.75. The van der Waals surface area contributed by atoms with Crippen LogP contribution in [0.2, 0.25) is 0 Å². The Bertz CT molecular complexity index is 623. The van der Waals surface area contributed by atoms with Crippen molar-refractivity contribution in [2.75, 3.05) is 26.8 Å². The molecule has 0 aromatic heterocycles. The fourth-order valence-corrected chi connectivity index (χ4v) is 3.81. The van der Waals surface area contributed by atoms with Crippen LogP contribution in [0.3, 0.4) is 0 Å². The number of aryl methyl sites for hydroxylation is 1. The van der Waals surface area contributed by atoms with Crippen LogP contribution in [0.1, 0.15) is 61.8 Å². The number of amides is 2. The maximum absolute atomic E-state index is 12.6. The lowest BCUT2D eigenvalue weighted by Crippen LogP contribution is -2.50. The number of aliphatic hydroxyl groups is 1. The smallest absolute Gasteiger partial charge is 0.317 e. The molecule has 0 bridgehead atoms. The van der Waals surface area contributed by atoms with Crippen LogP contribution >= 0.6 is 0 Å². The van der Waals surface area contributed by atoms with Gasteiger partial charge >= 0.3 is 6.03 Å². The molecule has 0 spiro atoms. The average molecular weight is 346 g/mol. The molecule has 0 unspecified atom stereocenters. The Morgan fingerprint density at radius 3 is 2.80 bits per heavy atom. The summed E-state index contributed by atoms with van der Waals surface area (Å²) < 4.78 is 5.31. The van der Waals surface area contributed by atoms with E-state index in [1.165, 1.54) is 16.7 Å². The molecule has 1 heterocycles.